The molecule has 0 unspecified atom stereocenters. The minimum Gasteiger partial charge on any atom is -0.270 e. The number of allylic oxidation sites excluding steroid dienone is 1. The average molecular weight is 273 g/mol. The van der Waals surface area contributed by atoms with Gasteiger partial charge in [-0.1, -0.05) is 43.9 Å². The van der Waals surface area contributed by atoms with Crippen molar-refractivity contribution in [3.63, 3.8) is 0 Å². The molecule has 0 saturated heterocycles. The highest BCUT2D eigenvalue weighted by Gasteiger charge is 2.34. The lowest BCUT2D eigenvalue weighted by atomic mass is 10.1. The van der Waals surface area contributed by atoms with Gasteiger partial charge in [-0.2, -0.15) is 0 Å². The number of imide groups is 1. The van der Waals surface area contributed by atoms with Crippen molar-refractivity contribution in [2.75, 3.05) is 6.54 Å². The maximum atomic E-state index is 12.1. The summed E-state index contributed by atoms with van der Waals surface area (Å²) in [5, 5.41) is 0. The molecule has 2 amide bonds. The summed E-state index contributed by atoms with van der Waals surface area (Å²) in [6.45, 7) is 7.24. The molecule has 0 aromatic heterocycles. The van der Waals surface area contributed by atoms with Crippen LogP contribution in [0.5, 0.6) is 0 Å². The summed E-state index contributed by atoms with van der Waals surface area (Å²) in [6.07, 6.45) is 4.02. The fourth-order valence-corrected chi connectivity index (χ4v) is 2.90. The second-order valence-electron chi connectivity index (χ2n) is 6.00. The maximum Gasteiger partial charge on any atom is 0.261 e. The Morgan fingerprint density at radius 3 is 2.00 bits per heavy atom. The maximum absolute atomic E-state index is 12.1. The molecular formula is C15H19NO2Si. The molecule has 0 atom stereocenters. The lowest BCUT2D eigenvalue weighted by Gasteiger charge is -2.13. The van der Waals surface area contributed by atoms with E-state index >= 15 is 0 Å². The van der Waals surface area contributed by atoms with Crippen molar-refractivity contribution in [3.05, 3.63) is 47.5 Å². The predicted octanol–water partition coefficient (Wildman–Crippen LogP) is 3.18. The lowest BCUT2D eigenvalue weighted by Crippen LogP contribution is -2.29. The Morgan fingerprint density at radius 1 is 1.00 bits per heavy atom. The van der Waals surface area contributed by atoms with Crippen molar-refractivity contribution in [3.8, 4) is 0 Å². The zero-order chi connectivity index (χ0) is 14.0. The van der Waals surface area contributed by atoms with Crippen LogP contribution in [0.4, 0.5) is 0 Å². The van der Waals surface area contributed by atoms with E-state index in [0.717, 1.165) is 6.04 Å². The molecule has 0 bridgehead atoms. The minimum atomic E-state index is -1.11. The van der Waals surface area contributed by atoms with Crippen LogP contribution in [0.25, 0.3) is 0 Å². The van der Waals surface area contributed by atoms with E-state index in [1.807, 2.05) is 6.08 Å². The van der Waals surface area contributed by atoms with Gasteiger partial charge >= 0.3 is 0 Å². The van der Waals surface area contributed by atoms with Gasteiger partial charge in [-0.05, 0) is 18.2 Å². The number of hydrogen-bond donors (Lipinski definition) is 0. The zero-order valence-electron chi connectivity index (χ0n) is 11.6. The SMILES string of the molecule is C[Si](C)(C)CC=CCN1C(=O)c2ccccc2C1=O. The summed E-state index contributed by atoms with van der Waals surface area (Å²) in [4.78, 5) is 25.5. The molecular weight excluding hydrogens is 254 g/mol. The third-order valence-corrected chi connectivity index (χ3v) is 4.52. The van der Waals surface area contributed by atoms with Crippen LogP contribution in [0.1, 0.15) is 20.7 Å². The van der Waals surface area contributed by atoms with E-state index in [2.05, 4.69) is 25.7 Å². The lowest BCUT2D eigenvalue weighted by molar-refractivity contribution is 0.0672. The van der Waals surface area contributed by atoms with Crippen molar-refractivity contribution in [1.82, 2.24) is 4.90 Å². The molecule has 4 heteroatoms. The van der Waals surface area contributed by atoms with Gasteiger partial charge in [0.1, 0.15) is 0 Å². The smallest absolute Gasteiger partial charge is 0.261 e. The van der Waals surface area contributed by atoms with Crippen LogP contribution in [0.3, 0.4) is 0 Å². The highest BCUT2D eigenvalue weighted by molar-refractivity contribution is 6.76. The van der Waals surface area contributed by atoms with Gasteiger partial charge in [-0.25, -0.2) is 0 Å². The third kappa shape index (κ3) is 3.01. The van der Waals surface area contributed by atoms with Crippen molar-refractivity contribution in [1.29, 1.82) is 0 Å². The van der Waals surface area contributed by atoms with Crippen molar-refractivity contribution >= 4 is 19.9 Å². The summed E-state index contributed by atoms with van der Waals surface area (Å²) in [5.74, 6) is -0.364. The molecule has 1 heterocycles. The second kappa shape index (κ2) is 5.13. The number of benzene rings is 1. The Kier molecular flexibility index (Phi) is 3.71. The standard InChI is InChI=1S/C15H19NO2Si/c1-19(2,3)11-7-6-10-16-14(17)12-8-4-5-9-13(12)15(16)18/h4-9H,10-11H2,1-3H3. The molecule has 0 N–H and O–H groups in total. The largest absolute Gasteiger partial charge is 0.270 e. The predicted molar refractivity (Wildman–Crippen MR) is 79.1 cm³/mol. The van der Waals surface area contributed by atoms with E-state index in [0.29, 0.717) is 17.7 Å². The Hall–Kier alpha value is -1.68. The van der Waals surface area contributed by atoms with Crippen molar-refractivity contribution in [2.45, 2.75) is 25.7 Å². The Labute approximate surface area is 114 Å². The first-order chi connectivity index (χ1) is 8.90. The molecule has 0 aliphatic carbocycles. The van der Waals surface area contributed by atoms with Crippen LogP contribution in [0.15, 0.2) is 36.4 Å². The molecule has 1 aliphatic rings. The molecule has 19 heavy (non-hydrogen) atoms. The molecule has 1 aromatic rings. The molecule has 3 nitrogen and oxygen atoms in total. The van der Waals surface area contributed by atoms with Crippen molar-refractivity contribution in [2.24, 2.45) is 0 Å². The highest BCUT2D eigenvalue weighted by Crippen LogP contribution is 2.22. The minimum absolute atomic E-state index is 0.182. The molecule has 100 valence electrons. The first-order valence-electron chi connectivity index (χ1n) is 6.50. The van der Waals surface area contributed by atoms with Gasteiger partial charge in [-0.3, -0.25) is 14.5 Å². The summed E-state index contributed by atoms with van der Waals surface area (Å²) >= 11 is 0. The second-order valence-corrected chi connectivity index (χ2v) is 11.5. The highest BCUT2D eigenvalue weighted by atomic mass is 28.3. The Bertz CT molecular complexity index is 508. The number of fused-ring (bicyclic) bond motifs is 1. The summed E-state index contributed by atoms with van der Waals surface area (Å²) in [7, 11) is -1.11. The fraction of sp³-hybridized carbons (Fsp3) is 0.333. The summed E-state index contributed by atoms with van der Waals surface area (Å²) in [5.41, 5.74) is 1.04. The van der Waals surface area contributed by atoms with Gasteiger partial charge in [0.05, 0.1) is 11.1 Å². The monoisotopic (exact) mass is 273 g/mol. The Balaban J connectivity index is 2.05. The van der Waals surface area contributed by atoms with Gasteiger partial charge in [0, 0.05) is 14.6 Å². The number of hydrogen-bond acceptors (Lipinski definition) is 2. The van der Waals surface area contributed by atoms with E-state index in [1.165, 1.54) is 4.90 Å². The molecule has 1 aromatic carbocycles. The average Bonchev–Trinajstić information content (AvgIpc) is 2.58. The van der Waals surface area contributed by atoms with E-state index in [-0.39, 0.29) is 11.8 Å². The van der Waals surface area contributed by atoms with Gasteiger partial charge in [0.15, 0.2) is 0 Å². The van der Waals surface area contributed by atoms with Gasteiger partial charge in [0.25, 0.3) is 11.8 Å². The quantitative estimate of drug-likeness (QED) is 0.480. The third-order valence-electron chi connectivity index (χ3n) is 3.06. The van der Waals surface area contributed by atoms with Gasteiger partial charge in [-0.15, -0.1) is 0 Å². The molecule has 1 aliphatic heterocycles. The Morgan fingerprint density at radius 2 is 1.53 bits per heavy atom. The van der Waals surface area contributed by atoms with Crippen molar-refractivity contribution < 1.29 is 9.59 Å². The van der Waals surface area contributed by atoms with Crippen LogP contribution in [-0.4, -0.2) is 31.3 Å². The van der Waals surface area contributed by atoms with E-state index in [1.54, 1.807) is 24.3 Å². The molecule has 0 radical (unpaired) electrons. The zero-order valence-corrected chi connectivity index (χ0v) is 12.6. The molecule has 0 fully saturated rings. The van der Waals surface area contributed by atoms with Crippen LogP contribution in [0.2, 0.25) is 25.7 Å². The van der Waals surface area contributed by atoms with Crippen LogP contribution in [0, 0.1) is 0 Å². The van der Waals surface area contributed by atoms with E-state index in [9.17, 15) is 9.59 Å². The molecule has 0 saturated carbocycles. The number of carbonyl (C=O) groups is 2. The normalized spacial score (nSPS) is 15.4. The van der Waals surface area contributed by atoms with Crippen LogP contribution >= 0.6 is 0 Å². The van der Waals surface area contributed by atoms with E-state index in [4.69, 9.17) is 0 Å². The van der Waals surface area contributed by atoms with Gasteiger partial charge in [0.2, 0.25) is 0 Å². The number of rotatable bonds is 4. The number of nitrogens with zero attached hydrogens (tertiary/aromatic N) is 1. The first-order valence-corrected chi connectivity index (χ1v) is 10.2. The summed E-state index contributed by atoms with van der Waals surface area (Å²) in [6, 6.07) is 8.06. The topological polar surface area (TPSA) is 37.4 Å². The summed E-state index contributed by atoms with van der Waals surface area (Å²) < 4.78 is 0. The van der Waals surface area contributed by atoms with Gasteiger partial charge < -0.3 is 0 Å². The fourth-order valence-electron chi connectivity index (χ4n) is 2.02. The van der Waals surface area contributed by atoms with Crippen LogP contribution < -0.4 is 0 Å². The first kappa shape index (κ1) is 13.7. The molecule has 2 rings (SSSR count). The number of carbonyl (C=O) groups excluding carboxylic acids is 2. The number of amides is 2. The van der Waals surface area contributed by atoms with Crippen LogP contribution in [-0.2, 0) is 0 Å². The molecule has 0 spiro atoms. The van der Waals surface area contributed by atoms with E-state index < -0.39 is 8.07 Å².